The number of benzene rings is 1. The Bertz CT molecular complexity index is 1090. The van der Waals surface area contributed by atoms with Crippen LogP contribution in [-0.4, -0.2) is 58.5 Å². The summed E-state index contributed by atoms with van der Waals surface area (Å²) in [6.45, 7) is 5.20. The van der Waals surface area contributed by atoms with E-state index in [1.54, 1.807) is 7.11 Å². The molecule has 1 saturated carbocycles. The number of para-hydroxylation sites is 1. The summed E-state index contributed by atoms with van der Waals surface area (Å²) in [5, 5.41) is 12.9. The Hall–Kier alpha value is -2.26. The van der Waals surface area contributed by atoms with Crippen LogP contribution < -0.4 is 10.3 Å². The molecule has 0 bridgehead atoms. The second-order valence-corrected chi connectivity index (χ2v) is 9.10. The van der Waals surface area contributed by atoms with Gasteiger partial charge in [0.2, 0.25) is 0 Å². The minimum absolute atomic E-state index is 0.0840. The van der Waals surface area contributed by atoms with Crippen molar-refractivity contribution >= 4 is 21.6 Å². The van der Waals surface area contributed by atoms with Gasteiger partial charge in [-0.2, -0.15) is 0 Å². The highest BCUT2D eigenvalue weighted by Crippen LogP contribution is 2.36. The molecule has 2 aromatic heterocycles. The van der Waals surface area contributed by atoms with Crippen LogP contribution in [0.2, 0.25) is 0 Å². The van der Waals surface area contributed by atoms with E-state index in [1.807, 2.05) is 43.5 Å². The first-order valence-electron chi connectivity index (χ1n) is 10.6. The number of aromatic nitrogens is 2. The van der Waals surface area contributed by atoms with Crippen LogP contribution in [0.25, 0.3) is 21.3 Å². The summed E-state index contributed by atoms with van der Waals surface area (Å²) in [5.41, 5.74) is 1.56. The maximum atomic E-state index is 13.0. The Labute approximate surface area is 185 Å². The van der Waals surface area contributed by atoms with Crippen molar-refractivity contribution in [3.05, 3.63) is 45.8 Å². The van der Waals surface area contributed by atoms with Gasteiger partial charge in [0.15, 0.2) is 0 Å². The Morgan fingerprint density at radius 2 is 2.06 bits per heavy atom. The smallest absolute Gasteiger partial charge is 0.260 e. The predicted octanol–water partition coefficient (Wildman–Crippen LogP) is 3.41. The SMILES string of the molecule is COc1ccccc1-c1csc2nc(CN(C[C@@H](O)COC(C)C)C3CC3)[nH]c(=O)c12. The van der Waals surface area contributed by atoms with Crippen molar-refractivity contribution in [3.8, 4) is 16.9 Å². The zero-order chi connectivity index (χ0) is 22.0. The van der Waals surface area contributed by atoms with Crippen LogP contribution in [0.15, 0.2) is 34.4 Å². The average molecular weight is 444 g/mol. The first kappa shape index (κ1) is 22.0. The maximum Gasteiger partial charge on any atom is 0.260 e. The Balaban J connectivity index is 1.57. The highest BCUT2D eigenvalue weighted by Gasteiger charge is 2.31. The molecule has 0 amide bonds. The first-order chi connectivity index (χ1) is 15.0. The molecule has 0 aliphatic heterocycles. The number of nitrogens with zero attached hydrogens (tertiary/aromatic N) is 2. The largest absolute Gasteiger partial charge is 0.496 e. The molecule has 1 aliphatic carbocycles. The lowest BCUT2D eigenvalue weighted by atomic mass is 10.1. The molecule has 0 spiro atoms. The number of aliphatic hydroxyl groups is 1. The molecule has 0 unspecified atom stereocenters. The minimum Gasteiger partial charge on any atom is -0.496 e. The maximum absolute atomic E-state index is 13.0. The molecule has 4 rings (SSSR count). The van der Waals surface area contributed by atoms with Crippen molar-refractivity contribution in [2.24, 2.45) is 0 Å². The van der Waals surface area contributed by atoms with E-state index >= 15 is 0 Å². The van der Waals surface area contributed by atoms with E-state index in [-0.39, 0.29) is 11.7 Å². The van der Waals surface area contributed by atoms with E-state index in [9.17, 15) is 9.90 Å². The van der Waals surface area contributed by atoms with Gasteiger partial charge < -0.3 is 19.6 Å². The van der Waals surface area contributed by atoms with E-state index < -0.39 is 6.10 Å². The van der Waals surface area contributed by atoms with Gasteiger partial charge in [-0.1, -0.05) is 18.2 Å². The Kier molecular flexibility index (Phi) is 6.71. The third-order valence-electron chi connectivity index (χ3n) is 5.37. The van der Waals surface area contributed by atoms with Gasteiger partial charge in [-0.15, -0.1) is 11.3 Å². The summed E-state index contributed by atoms with van der Waals surface area (Å²) >= 11 is 1.46. The zero-order valence-electron chi connectivity index (χ0n) is 18.1. The van der Waals surface area contributed by atoms with Crippen LogP contribution in [0.3, 0.4) is 0 Å². The normalized spacial score (nSPS) is 15.2. The quantitative estimate of drug-likeness (QED) is 0.499. The molecule has 2 N–H and O–H groups in total. The molecule has 3 aromatic rings. The van der Waals surface area contributed by atoms with E-state index in [2.05, 4.69) is 9.88 Å². The molecule has 0 radical (unpaired) electrons. The van der Waals surface area contributed by atoms with Crippen LogP contribution in [0.5, 0.6) is 5.75 Å². The number of hydrogen-bond donors (Lipinski definition) is 2. The third kappa shape index (κ3) is 5.15. The van der Waals surface area contributed by atoms with Crippen LogP contribution in [0.1, 0.15) is 32.5 Å². The highest BCUT2D eigenvalue weighted by molar-refractivity contribution is 7.17. The van der Waals surface area contributed by atoms with E-state index in [1.165, 1.54) is 11.3 Å². The van der Waals surface area contributed by atoms with Crippen molar-refractivity contribution in [3.63, 3.8) is 0 Å². The summed E-state index contributed by atoms with van der Waals surface area (Å²) in [4.78, 5) is 23.6. The summed E-state index contributed by atoms with van der Waals surface area (Å²) < 4.78 is 11.0. The number of nitrogens with one attached hydrogen (secondary N) is 1. The van der Waals surface area contributed by atoms with Gasteiger partial charge in [0.1, 0.15) is 16.4 Å². The van der Waals surface area contributed by atoms with Crippen LogP contribution in [-0.2, 0) is 11.3 Å². The lowest BCUT2D eigenvalue weighted by Gasteiger charge is -2.24. The van der Waals surface area contributed by atoms with Gasteiger partial charge in [-0.3, -0.25) is 9.69 Å². The number of aliphatic hydroxyl groups excluding tert-OH is 1. The second kappa shape index (κ2) is 9.48. The van der Waals surface area contributed by atoms with Crippen molar-refractivity contribution in [1.82, 2.24) is 14.9 Å². The number of H-pyrrole nitrogens is 1. The summed E-state index contributed by atoms with van der Waals surface area (Å²) in [7, 11) is 1.63. The van der Waals surface area contributed by atoms with Gasteiger partial charge in [-0.25, -0.2) is 4.98 Å². The predicted molar refractivity (Wildman–Crippen MR) is 123 cm³/mol. The van der Waals surface area contributed by atoms with E-state index in [4.69, 9.17) is 14.5 Å². The summed E-state index contributed by atoms with van der Waals surface area (Å²) in [5.74, 6) is 1.35. The van der Waals surface area contributed by atoms with Crippen LogP contribution >= 0.6 is 11.3 Å². The van der Waals surface area contributed by atoms with Crippen molar-refractivity contribution in [2.45, 2.75) is 51.5 Å². The Morgan fingerprint density at radius 3 is 2.77 bits per heavy atom. The second-order valence-electron chi connectivity index (χ2n) is 8.24. The number of methoxy groups -OCH3 is 1. The van der Waals surface area contributed by atoms with Crippen molar-refractivity contribution in [1.29, 1.82) is 0 Å². The van der Waals surface area contributed by atoms with E-state index in [0.717, 1.165) is 29.7 Å². The van der Waals surface area contributed by atoms with Gasteiger partial charge in [-0.05, 0) is 32.8 Å². The number of ether oxygens (including phenoxy) is 2. The van der Waals surface area contributed by atoms with Gasteiger partial charge in [0.05, 0.1) is 37.9 Å². The average Bonchev–Trinajstić information content (AvgIpc) is 3.51. The van der Waals surface area contributed by atoms with E-state index in [0.29, 0.717) is 41.8 Å². The number of fused-ring (bicyclic) bond motifs is 1. The van der Waals surface area contributed by atoms with Gasteiger partial charge in [0.25, 0.3) is 5.56 Å². The molecular weight excluding hydrogens is 414 g/mol. The lowest BCUT2D eigenvalue weighted by Crippen LogP contribution is -2.37. The fraction of sp³-hybridized carbons (Fsp3) is 0.478. The topological polar surface area (TPSA) is 87.7 Å². The molecule has 2 heterocycles. The zero-order valence-corrected chi connectivity index (χ0v) is 18.9. The van der Waals surface area contributed by atoms with Crippen molar-refractivity contribution in [2.75, 3.05) is 20.3 Å². The molecule has 7 nitrogen and oxygen atoms in total. The van der Waals surface area contributed by atoms with Gasteiger partial charge >= 0.3 is 0 Å². The molecule has 0 saturated heterocycles. The number of rotatable bonds is 10. The number of aromatic amines is 1. The number of thiophene rings is 1. The fourth-order valence-electron chi connectivity index (χ4n) is 3.74. The van der Waals surface area contributed by atoms with Crippen LogP contribution in [0.4, 0.5) is 0 Å². The molecule has 1 aromatic carbocycles. The standard InChI is InChI=1S/C23H29N3O4S/c1-14(2)30-12-16(27)10-26(15-8-9-15)11-20-24-22(28)21-18(13-31-23(21)25-20)17-6-4-5-7-19(17)29-3/h4-7,13-16,27H,8-12H2,1-3H3,(H,24,25,28)/t16-/m1/s1. The molecule has 31 heavy (non-hydrogen) atoms. The molecular formula is C23H29N3O4S. The molecule has 1 fully saturated rings. The first-order valence-corrected chi connectivity index (χ1v) is 11.5. The van der Waals surface area contributed by atoms with Gasteiger partial charge in [0, 0.05) is 29.1 Å². The number of hydrogen-bond acceptors (Lipinski definition) is 7. The monoisotopic (exact) mass is 443 g/mol. The third-order valence-corrected chi connectivity index (χ3v) is 6.25. The molecule has 1 atom stereocenters. The van der Waals surface area contributed by atoms with Crippen molar-refractivity contribution < 1.29 is 14.6 Å². The summed E-state index contributed by atoms with van der Waals surface area (Å²) in [6.07, 6.45) is 1.71. The minimum atomic E-state index is -0.572. The molecule has 166 valence electrons. The summed E-state index contributed by atoms with van der Waals surface area (Å²) in [6, 6.07) is 8.09. The molecule has 1 aliphatic rings. The van der Waals surface area contributed by atoms with Crippen LogP contribution in [0, 0.1) is 0 Å². The fourth-order valence-corrected chi connectivity index (χ4v) is 4.69. The Morgan fingerprint density at radius 1 is 1.29 bits per heavy atom. The highest BCUT2D eigenvalue weighted by atomic mass is 32.1. The molecule has 8 heteroatoms. The lowest BCUT2D eigenvalue weighted by molar-refractivity contribution is -0.0110.